The molecule has 2 rings (SSSR count). The van der Waals surface area contributed by atoms with Gasteiger partial charge in [-0.25, -0.2) is 4.79 Å². The van der Waals surface area contributed by atoms with Crippen LogP contribution in [0.4, 0.5) is 0 Å². The van der Waals surface area contributed by atoms with Crippen LogP contribution in [0.3, 0.4) is 0 Å². The molecule has 2 aromatic rings. The molecule has 2 aromatic carbocycles. The van der Waals surface area contributed by atoms with Crippen molar-refractivity contribution in [1.82, 2.24) is 0 Å². The number of benzene rings is 2. The van der Waals surface area contributed by atoms with Crippen LogP contribution in [0.25, 0.3) is 6.08 Å². The van der Waals surface area contributed by atoms with E-state index in [0.29, 0.717) is 17.4 Å². The van der Waals surface area contributed by atoms with Crippen LogP contribution in [0, 0.1) is 6.92 Å². The molecule has 4 heteroatoms. The Morgan fingerprint density at radius 2 is 1.88 bits per heavy atom. The Balaban J connectivity index is 2.12. The van der Waals surface area contributed by atoms with E-state index in [1.807, 2.05) is 25.1 Å². The van der Waals surface area contributed by atoms with E-state index < -0.39 is 5.97 Å². The Hall–Kier alpha value is -2.75. The van der Waals surface area contributed by atoms with Gasteiger partial charge in [-0.15, -0.1) is 0 Å². The zero-order valence-electron chi connectivity index (χ0n) is 14.4. The maximum atomic E-state index is 12.1. The first-order valence-corrected chi connectivity index (χ1v) is 7.78. The van der Waals surface area contributed by atoms with E-state index in [1.165, 1.54) is 19.3 Å². The van der Waals surface area contributed by atoms with Gasteiger partial charge in [0.2, 0.25) is 0 Å². The lowest BCUT2D eigenvalue weighted by atomic mass is 10.0. The molecule has 0 aliphatic heterocycles. The lowest BCUT2D eigenvalue weighted by Crippen LogP contribution is -2.05. The van der Waals surface area contributed by atoms with Gasteiger partial charge >= 0.3 is 5.97 Å². The summed E-state index contributed by atoms with van der Waals surface area (Å²) >= 11 is 0. The molecule has 1 N–H and O–H groups in total. The monoisotopic (exact) mass is 326 g/mol. The van der Waals surface area contributed by atoms with E-state index in [2.05, 4.69) is 13.8 Å². The first-order valence-electron chi connectivity index (χ1n) is 7.78. The maximum absolute atomic E-state index is 12.1. The fraction of sp³-hybridized carbons (Fsp3) is 0.250. The number of esters is 1. The van der Waals surface area contributed by atoms with Crippen molar-refractivity contribution in [1.29, 1.82) is 0 Å². The quantitative estimate of drug-likeness (QED) is 0.501. The Labute approximate surface area is 142 Å². The van der Waals surface area contributed by atoms with Gasteiger partial charge in [0, 0.05) is 6.08 Å². The number of hydrogen-bond acceptors (Lipinski definition) is 4. The minimum atomic E-state index is -0.453. The average molecular weight is 326 g/mol. The summed E-state index contributed by atoms with van der Waals surface area (Å²) in [5.41, 5.74) is 2.76. The van der Waals surface area contributed by atoms with E-state index in [0.717, 1.165) is 16.7 Å². The van der Waals surface area contributed by atoms with Gasteiger partial charge in [0.1, 0.15) is 5.75 Å². The SMILES string of the molecule is COc1cc(/C=C/C(=O)Oc2cc(C(C)C)ccc2C)ccc1O. The Kier molecular flexibility index (Phi) is 5.64. The number of aromatic hydroxyl groups is 1. The topological polar surface area (TPSA) is 55.8 Å². The molecule has 0 aromatic heterocycles. The number of rotatable bonds is 5. The summed E-state index contributed by atoms with van der Waals surface area (Å²) in [6, 6.07) is 10.7. The van der Waals surface area contributed by atoms with Gasteiger partial charge in [0.05, 0.1) is 7.11 Å². The van der Waals surface area contributed by atoms with Crippen LogP contribution in [-0.4, -0.2) is 18.2 Å². The van der Waals surface area contributed by atoms with Crippen LogP contribution in [0.15, 0.2) is 42.5 Å². The van der Waals surface area contributed by atoms with E-state index >= 15 is 0 Å². The van der Waals surface area contributed by atoms with Crippen LogP contribution in [0.5, 0.6) is 17.2 Å². The molecule has 0 spiro atoms. The predicted molar refractivity (Wildman–Crippen MR) is 94.6 cm³/mol. The number of carbonyl (C=O) groups is 1. The number of methoxy groups -OCH3 is 1. The molecule has 0 fully saturated rings. The van der Waals surface area contributed by atoms with Crippen molar-refractivity contribution in [3.05, 3.63) is 59.2 Å². The van der Waals surface area contributed by atoms with Crippen molar-refractivity contribution in [2.24, 2.45) is 0 Å². The van der Waals surface area contributed by atoms with Crippen LogP contribution < -0.4 is 9.47 Å². The first-order chi connectivity index (χ1) is 11.4. The molecule has 0 saturated heterocycles. The zero-order chi connectivity index (χ0) is 17.7. The fourth-order valence-corrected chi connectivity index (χ4v) is 2.19. The van der Waals surface area contributed by atoms with Gasteiger partial charge in [-0.3, -0.25) is 0 Å². The summed E-state index contributed by atoms with van der Waals surface area (Å²) in [7, 11) is 1.47. The predicted octanol–water partition coefficient (Wildman–Crippen LogP) is 4.45. The number of phenolic OH excluding ortho intramolecular Hbond substituents is 1. The molecule has 126 valence electrons. The second-order valence-corrected chi connectivity index (χ2v) is 5.87. The summed E-state index contributed by atoms with van der Waals surface area (Å²) in [4.78, 5) is 12.1. The van der Waals surface area contributed by atoms with E-state index in [4.69, 9.17) is 9.47 Å². The standard InChI is InChI=1S/C20H22O4/c1-13(2)16-8-5-14(3)18(12-16)24-20(22)10-7-15-6-9-17(21)19(11-15)23-4/h5-13,21H,1-4H3/b10-7+. The number of carbonyl (C=O) groups excluding carboxylic acids is 1. The normalized spacial score (nSPS) is 11.0. The highest BCUT2D eigenvalue weighted by molar-refractivity contribution is 5.89. The summed E-state index contributed by atoms with van der Waals surface area (Å²) in [5.74, 6) is 0.887. The van der Waals surface area contributed by atoms with Crippen molar-refractivity contribution in [3.63, 3.8) is 0 Å². The second kappa shape index (κ2) is 7.68. The van der Waals surface area contributed by atoms with Gasteiger partial charge in [-0.2, -0.15) is 0 Å². The lowest BCUT2D eigenvalue weighted by Gasteiger charge is -2.10. The molecule has 0 amide bonds. The van der Waals surface area contributed by atoms with Crippen LogP contribution in [-0.2, 0) is 4.79 Å². The van der Waals surface area contributed by atoms with Gasteiger partial charge < -0.3 is 14.6 Å². The molecule has 0 saturated carbocycles. The third-order valence-electron chi connectivity index (χ3n) is 3.71. The third-order valence-corrected chi connectivity index (χ3v) is 3.71. The Morgan fingerprint density at radius 1 is 1.12 bits per heavy atom. The molecule has 4 nitrogen and oxygen atoms in total. The number of hydrogen-bond donors (Lipinski definition) is 1. The highest BCUT2D eigenvalue weighted by atomic mass is 16.5. The largest absolute Gasteiger partial charge is 0.504 e. The Bertz CT molecular complexity index is 760. The number of ether oxygens (including phenoxy) is 2. The maximum Gasteiger partial charge on any atom is 0.336 e. The molecule has 0 unspecified atom stereocenters. The van der Waals surface area contributed by atoms with Crippen molar-refractivity contribution < 1.29 is 19.4 Å². The van der Waals surface area contributed by atoms with Crippen LogP contribution in [0.2, 0.25) is 0 Å². The molecule has 24 heavy (non-hydrogen) atoms. The molecule has 0 aliphatic carbocycles. The molecule has 0 bridgehead atoms. The highest BCUT2D eigenvalue weighted by Gasteiger charge is 2.08. The van der Waals surface area contributed by atoms with Gasteiger partial charge in [0.15, 0.2) is 11.5 Å². The van der Waals surface area contributed by atoms with E-state index in [-0.39, 0.29) is 5.75 Å². The van der Waals surface area contributed by atoms with Crippen molar-refractivity contribution >= 4 is 12.0 Å². The smallest absolute Gasteiger partial charge is 0.336 e. The van der Waals surface area contributed by atoms with Gasteiger partial charge in [-0.05, 0) is 53.8 Å². The van der Waals surface area contributed by atoms with E-state index in [9.17, 15) is 9.90 Å². The third kappa shape index (κ3) is 4.38. The van der Waals surface area contributed by atoms with Gasteiger partial charge in [0.25, 0.3) is 0 Å². The van der Waals surface area contributed by atoms with Crippen molar-refractivity contribution in [2.45, 2.75) is 26.7 Å². The minimum Gasteiger partial charge on any atom is -0.504 e. The molecular weight excluding hydrogens is 304 g/mol. The van der Waals surface area contributed by atoms with E-state index in [1.54, 1.807) is 18.2 Å². The molecular formula is C20H22O4. The van der Waals surface area contributed by atoms with Crippen LogP contribution in [0.1, 0.15) is 36.5 Å². The summed E-state index contributed by atoms with van der Waals surface area (Å²) < 4.78 is 10.5. The Morgan fingerprint density at radius 3 is 2.54 bits per heavy atom. The fourth-order valence-electron chi connectivity index (χ4n) is 2.19. The van der Waals surface area contributed by atoms with Crippen LogP contribution >= 0.6 is 0 Å². The second-order valence-electron chi connectivity index (χ2n) is 5.87. The highest BCUT2D eigenvalue weighted by Crippen LogP contribution is 2.27. The first kappa shape index (κ1) is 17.6. The summed E-state index contributed by atoms with van der Waals surface area (Å²) in [6.07, 6.45) is 2.97. The number of aryl methyl sites for hydroxylation is 1. The molecule has 0 heterocycles. The average Bonchev–Trinajstić information content (AvgIpc) is 2.56. The zero-order valence-corrected chi connectivity index (χ0v) is 14.4. The van der Waals surface area contributed by atoms with Crippen molar-refractivity contribution in [2.75, 3.05) is 7.11 Å². The van der Waals surface area contributed by atoms with Gasteiger partial charge in [-0.1, -0.05) is 32.0 Å². The summed E-state index contributed by atoms with van der Waals surface area (Å²) in [5, 5.41) is 9.57. The summed E-state index contributed by atoms with van der Waals surface area (Å²) in [6.45, 7) is 6.09. The molecule has 0 atom stereocenters. The minimum absolute atomic E-state index is 0.0540. The van der Waals surface area contributed by atoms with Crippen molar-refractivity contribution in [3.8, 4) is 17.2 Å². The lowest BCUT2D eigenvalue weighted by molar-refractivity contribution is -0.128. The number of phenols is 1. The molecule has 0 radical (unpaired) electrons. The molecule has 0 aliphatic rings.